The SMILES string of the molecule is NC(CCl)=Nc1cc(Br)c(O)c(Br)c1. The fraction of sp³-hybridized carbons (Fsp3) is 0.125. The van der Waals surface area contributed by atoms with Crippen LogP contribution >= 0.6 is 43.5 Å². The van der Waals surface area contributed by atoms with E-state index in [1.54, 1.807) is 12.1 Å². The summed E-state index contributed by atoms with van der Waals surface area (Å²) in [6.45, 7) is 0. The van der Waals surface area contributed by atoms with E-state index in [0.29, 0.717) is 20.5 Å². The van der Waals surface area contributed by atoms with Gasteiger partial charge in [0.25, 0.3) is 0 Å². The summed E-state index contributed by atoms with van der Waals surface area (Å²) in [5, 5.41) is 9.42. The van der Waals surface area contributed by atoms with Crippen molar-refractivity contribution in [3.63, 3.8) is 0 Å². The highest BCUT2D eigenvalue weighted by Crippen LogP contribution is 2.36. The van der Waals surface area contributed by atoms with E-state index >= 15 is 0 Å². The van der Waals surface area contributed by atoms with Crippen LogP contribution in [-0.4, -0.2) is 16.8 Å². The fourth-order valence-electron chi connectivity index (χ4n) is 0.812. The van der Waals surface area contributed by atoms with Gasteiger partial charge in [-0.05, 0) is 44.0 Å². The third-order valence-electron chi connectivity index (χ3n) is 1.41. The van der Waals surface area contributed by atoms with E-state index < -0.39 is 0 Å². The van der Waals surface area contributed by atoms with Gasteiger partial charge in [-0.25, -0.2) is 4.99 Å². The third kappa shape index (κ3) is 2.87. The topological polar surface area (TPSA) is 58.6 Å². The van der Waals surface area contributed by atoms with Crippen molar-refractivity contribution in [1.82, 2.24) is 0 Å². The van der Waals surface area contributed by atoms with Crippen LogP contribution in [0, 0.1) is 0 Å². The molecule has 0 unspecified atom stereocenters. The van der Waals surface area contributed by atoms with E-state index in [1.165, 1.54) is 0 Å². The molecule has 0 bridgehead atoms. The molecule has 0 radical (unpaired) electrons. The smallest absolute Gasteiger partial charge is 0.144 e. The van der Waals surface area contributed by atoms with Crippen molar-refractivity contribution in [3.05, 3.63) is 21.1 Å². The largest absolute Gasteiger partial charge is 0.506 e. The van der Waals surface area contributed by atoms with Crippen molar-refractivity contribution in [3.8, 4) is 5.75 Å². The van der Waals surface area contributed by atoms with E-state index in [-0.39, 0.29) is 11.6 Å². The van der Waals surface area contributed by atoms with Crippen LogP contribution in [-0.2, 0) is 0 Å². The number of benzene rings is 1. The molecule has 0 saturated carbocycles. The average molecular weight is 342 g/mol. The molecule has 0 aromatic heterocycles. The number of aromatic hydroxyl groups is 1. The Bertz CT molecular complexity index is 359. The Morgan fingerprint density at radius 3 is 2.36 bits per heavy atom. The molecule has 0 heterocycles. The number of alkyl halides is 1. The maximum absolute atomic E-state index is 9.42. The predicted octanol–water partition coefficient (Wildman–Crippen LogP) is 3.14. The van der Waals surface area contributed by atoms with Gasteiger partial charge >= 0.3 is 0 Å². The van der Waals surface area contributed by atoms with Crippen LogP contribution in [0.4, 0.5) is 5.69 Å². The molecule has 0 fully saturated rings. The number of rotatable bonds is 2. The molecule has 0 spiro atoms. The van der Waals surface area contributed by atoms with Gasteiger partial charge in [-0.1, -0.05) is 0 Å². The molecule has 6 heteroatoms. The summed E-state index contributed by atoms with van der Waals surface area (Å²) in [6.07, 6.45) is 0. The molecule has 3 N–H and O–H groups in total. The van der Waals surface area contributed by atoms with Crippen molar-refractivity contribution >= 4 is 55.0 Å². The lowest BCUT2D eigenvalue weighted by Crippen LogP contribution is -2.12. The van der Waals surface area contributed by atoms with Crippen molar-refractivity contribution in [2.45, 2.75) is 0 Å². The van der Waals surface area contributed by atoms with Crippen molar-refractivity contribution in [2.24, 2.45) is 10.7 Å². The van der Waals surface area contributed by atoms with E-state index in [1.807, 2.05) is 0 Å². The minimum absolute atomic E-state index is 0.133. The molecule has 1 rings (SSSR count). The quantitative estimate of drug-likeness (QED) is 0.493. The molecule has 0 aliphatic rings. The summed E-state index contributed by atoms with van der Waals surface area (Å²) in [6, 6.07) is 3.30. The van der Waals surface area contributed by atoms with Crippen LogP contribution in [0.25, 0.3) is 0 Å². The van der Waals surface area contributed by atoms with Gasteiger partial charge in [0.1, 0.15) is 11.6 Å². The molecule has 14 heavy (non-hydrogen) atoms. The molecule has 3 nitrogen and oxygen atoms in total. The molecule has 0 aliphatic carbocycles. The van der Waals surface area contributed by atoms with Gasteiger partial charge in [0.15, 0.2) is 0 Å². The molecule has 1 aromatic carbocycles. The average Bonchev–Trinajstić information content (AvgIpc) is 2.14. The highest BCUT2D eigenvalue weighted by molar-refractivity contribution is 9.11. The number of nitrogens with zero attached hydrogens (tertiary/aromatic N) is 1. The highest BCUT2D eigenvalue weighted by Gasteiger charge is 2.05. The van der Waals surface area contributed by atoms with Gasteiger partial charge in [-0.2, -0.15) is 0 Å². The minimum Gasteiger partial charge on any atom is -0.506 e. The van der Waals surface area contributed by atoms with Crippen LogP contribution < -0.4 is 5.73 Å². The normalized spacial score (nSPS) is 11.8. The van der Waals surface area contributed by atoms with Crippen LogP contribution in [0.3, 0.4) is 0 Å². The lowest BCUT2D eigenvalue weighted by molar-refractivity contribution is 0.468. The van der Waals surface area contributed by atoms with E-state index in [4.69, 9.17) is 17.3 Å². The zero-order valence-corrected chi connectivity index (χ0v) is 10.9. The maximum Gasteiger partial charge on any atom is 0.144 e. The molecule has 0 aliphatic heterocycles. The number of hydrogen-bond acceptors (Lipinski definition) is 2. The lowest BCUT2D eigenvalue weighted by atomic mass is 10.3. The Balaban J connectivity index is 3.13. The maximum atomic E-state index is 9.42. The zero-order valence-electron chi connectivity index (χ0n) is 6.97. The molecular formula is C8H7Br2ClN2O. The molecular weight excluding hydrogens is 335 g/mol. The van der Waals surface area contributed by atoms with Crippen LogP contribution in [0.15, 0.2) is 26.1 Å². The second kappa shape index (κ2) is 5.00. The standard InChI is InChI=1S/C8H7Br2ClN2O/c9-5-1-4(13-7(12)3-11)2-6(10)8(5)14/h1-2,14H,3H2,(H2,12,13). The van der Waals surface area contributed by atoms with Gasteiger partial charge in [0.2, 0.25) is 0 Å². The first-order chi connectivity index (χ1) is 6.54. The summed E-state index contributed by atoms with van der Waals surface area (Å²) >= 11 is 11.9. The van der Waals surface area contributed by atoms with Gasteiger partial charge < -0.3 is 10.8 Å². The summed E-state index contributed by atoms with van der Waals surface area (Å²) in [5.74, 6) is 0.639. The highest BCUT2D eigenvalue weighted by atomic mass is 79.9. The summed E-state index contributed by atoms with van der Waals surface area (Å²) < 4.78 is 1.10. The van der Waals surface area contributed by atoms with Gasteiger partial charge in [0, 0.05) is 0 Å². The van der Waals surface area contributed by atoms with Crippen molar-refractivity contribution < 1.29 is 5.11 Å². The Hall–Kier alpha value is -0.260. The number of aliphatic imine (C=N–C) groups is 1. The van der Waals surface area contributed by atoms with Gasteiger partial charge in [0.05, 0.1) is 20.5 Å². The molecule has 1 aromatic rings. The molecule has 0 saturated heterocycles. The van der Waals surface area contributed by atoms with Crippen LogP contribution in [0.5, 0.6) is 5.75 Å². The first-order valence-electron chi connectivity index (χ1n) is 3.61. The first kappa shape index (κ1) is 11.8. The number of hydrogen-bond donors (Lipinski definition) is 2. The van der Waals surface area contributed by atoms with E-state index in [9.17, 15) is 5.11 Å². The lowest BCUT2D eigenvalue weighted by Gasteiger charge is -2.02. The minimum atomic E-state index is 0.133. The Morgan fingerprint density at radius 1 is 1.43 bits per heavy atom. The fourth-order valence-corrected chi connectivity index (χ4v) is 2.03. The molecule has 0 atom stereocenters. The zero-order chi connectivity index (χ0) is 10.7. The third-order valence-corrected chi connectivity index (χ3v) is 2.89. The second-order valence-corrected chi connectivity index (χ2v) is 4.47. The second-order valence-electron chi connectivity index (χ2n) is 2.49. The van der Waals surface area contributed by atoms with Gasteiger partial charge in [-0.15, -0.1) is 11.6 Å². The number of amidine groups is 1. The number of phenols is 1. The summed E-state index contributed by atoms with van der Waals surface area (Å²) in [5.41, 5.74) is 6.09. The summed E-state index contributed by atoms with van der Waals surface area (Å²) in [7, 11) is 0. The number of phenolic OH excluding ortho intramolecular Hbond substituents is 1. The van der Waals surface area contributed by atoms with Crippen molar-refractivity contribution in [2.75, 3.05) is 5.88 Å². The van der Waals surface area contributed by atoms with E-state index in [0.717, 1.165) is 0 Å². The Labute approximate surface area is 103 Å². The Kier molecular flexibility index (Phi) is 4.22. The molecule has 76 valence electrons. The predicted molar refractivity (Wildman–Crippen MR) is 65.5 cm³/mol. The van der Waals surface area contributed by atoms with Crippen molar-refractivity contribution in [1.29, 1.82) is 0 Å². The van der Waals surface area contributed by atoms with Crippen LogP contribution in [0.1, 0.15) is 0 Å². The number of halogens is 3. The van der Waals surface area contributed by atoms with Gasteiger partial charge in [-0.3, -0.25) is 0 Å². The van der Waals surface area contributed by atoms with Crippen LogP contribution in [0.2, 0.25) is 0 Å². The monoisotopic (exact) mass is 340 g/mol. The molecule has 0 amide bonds. The Morgan fingerprint density at radius 2 is 1.93 bits per heavy atom. The van der Waals surface area contributed by atoms with E-state index in [2.05, 4.69) is 36.9 Å². The first-order valence-corrected chi connectivity index (χ1v) is 5.73. The summed E-state index contributed by atoms with van der Waals surface area (Å²) in [4.78, 5) is 4.03. The number of nitrogens with two attached hydrogens (primary N) is 1.